The van der Waals surface area contributed by atoms with E-state index in [4.69, 9.17) is 4.74 Å². The molecule has 0 saturated heterocycles. The molecule has 1 aromatic rings. The minimum atomic E-state index is -0.342. The van der Waals surface area contributed by atoms with Gasteiger partial charge in [-0.25, -0.2) is 4.79 Å². The Labute approximate surface area is 122 Å². The highest BCUT2D eigenvalue weighted by molar-refractivity contribution is 9.09. The molecule has 0 aliphatic heterocycles. The zero-order chi connectivity index (χ0) is 13.7. The third kappa shape index (κ3) is 3.50. The molecule has 1 atom stereocenters. The van der Waals surface area contributed by atoms with Gasteiger partial charge in [0.1, 0.15) is 5.75 Å². The van der Waals surface area contributed by atoms with Crippen LogP contribution in [0.25, 0.3) is 0 Å². The monoisotopic (exact) mass is 326 g/mol. The van der Waals surface area contributed by atoms with Crippen LogP contribution in [0, 0.1) is 0 Å². The summed E-state index contributed by atoms with van der Waals surface area (Å²) in [6.07, 6.45) is 4.60. The SMILES string of the molecule is COC(=O)COc1cccc2c1CCCC2CCBr. The van der Waals surface area contributed by atoms with Gasteiger partial charge in [-0.15, -0.1) is 0 Å². The first-order valence-electron chi connectivity index (χ1n) is 6.63. The maximum atomic E-state index is 11.2. The molecule has 0 aromatic heterocycles. The molecule has 0 fully saturated rings. The zero-order valence-corrected chi connectivity index (χ0v) is 12.7. The predicted octanol–water partition coefficient (Wildman–Crippen LogP) is 3.44. The molecule has 0 bridgehead atoms. The molecular weight excluding hydrogens is 308 g/mol. The lowest BCUT2D eigenvalue weighted by Crippen LogP contribution is -2.16. The van der Waals surface area contributed by atoms with Gasteiger partial charge in [0.15, 0.2) is 6.61 Å². The molecule has 19 heavy (non-hydrogen) atoms. The second-order valence-corrected chi connectivity index (χ2v) is 5.55. The van der Waals surface area contributed by atoms with Crippen LogP contribution in [0.3, 0.4) is 0 Å². The number of halogens is 1. The first-order chi connectivity index (χ1) is 9.26. The summed E-state index contributed by atoms with van der Waals surface area (Å²) in [5, 5.41) is 1.02. The molecule has 0 amide bonds. The van der Waals surface area contributed by atoms with Crippen molar-refractivity contribution < 1.29 is 14.3 Å². The lowest BCUT2D eigenvalue weighted by molar-refractivity contribution is -0.142. The van der Waals surface area contributed by atoms with Crippen LogP contribution in [0.4, 0.5) is 0 Å². The van der Waals surface area contributed by atoms with Crippen molar-refractivity contribution in [3.63, 3.8) is 0 Å². The number of rotatable bonds is 5. The van der Waals surface area contributed by atoms with Crippen LogP contribution in [-0.4, -0.2) is 25.0 Å². The quantitative estimate of drug-likeness (QED) is 0.614. The zero-order valence-electron chi connectivity index (χ0n) is 11.2. The molecule has 0 heterocycles. The lowest BCUT2D eigenvalue weighted by Gasteiger charge is -2.26. The van der Waals surface area contributed by atoms with Crippen molar-refractivity contribution in [2.24, 2.45) is 0 Å². The first kappa shape index (κ1) is 14.4. The average molecular weight is 327 g/mol. The summed E-state index contributed by atoms with van der Waals surface area (Å²) in [7, 11) is 1.37. The highest BCUT2D eigenvalue weighted by Gasteiger charge is 2.22. The Bertz CT molecular complexity index is 445. The van der Waals surface area contributed by atoms with Gasteiger partial charge in [0.2, 0.25) is 0 Å². The molecule has 1 aromatic carbocycles. The summed E-state index contributed by atoms with van der Waals surface area (Å²) < 4.78 is 10.2. The van der Waals surface area contributed by atoms with Crippen molar-refractivity contribution in [1.82, 2.24) is 0 Å². The van der Waals surface area contributed by atoms with Crippen LogP contribution < -0.4 is 4.74 Å². The van der Waals surface area contributed by atoms with E-state index in [9.17, 15) is 4.79 Å². The fourth-order valence-corrected chi connectivity index (χ4v) is 3.23. The number of hydrogen-bond donors (Lipinski definition) is 0. The van der Waals surface area contributed by atoms with Crippen molar-refractivity contribution in [2.45, 2.75) is 31.6 Å². The maximum Gasteiger partial charge on any atom is 0.343 e. The molecule has 1 unspecified atom stereocenters. The molecule has 4 heteroatoms. The maximum absolute atomic E-state index is 11.2. The van der Waals surface area contributed by atoms with Gasteiger partial charge in [-0.05, 0) is 48.8 Å². The number of carbonyl (C=O) groups is 1. The lowest BCUT2D eigenvalue weighted by atomic mass is 9.81. The Balaban J connectivity index is 2.17. The van der Waals surface area contributed by atoms with E-state index in [-0.39, 0.29) is 12.6 Å². The van der Waals surface area contributed by atoms with Crippen molar-refractivity contribution in [2.75, 3.05) is 19.0 Å². The highest BCUT2D eigenvalue weighted by atomic mass is 79.9. The molecule has 2 rings (SSSR count). The molecular formula is C15H19BrO3. The van der Waals surface area contributed by atoms with E-state index in [1.807, 2.05) is 12.1 Å². The molecule has 3 nitrogen and oxygen atoms in total. The van der Waals surface area contributed by atoms with Crippen LogP contribution in [0.1, 0.15) is 36.3 Å². The first-order valence-corrected chi connectivity index (χ1v) is 7.75. The van der Waals surface area contributed by atoms with E-state index in [1.165, 1.54) is 31.1 Å². The Hall–Kier alpha value is -1.03. The number of benzene rings is 1. The number of carbonyl (C=O) groups excluding carboxylic acids is 1. The van der Waals surface area contributed by atoms with E-state index in [1.54, 1.807) is 0 Å². The Morgan fingerprint density at radius 3 is 3.05 bits per heavy atom. The van der Waals surface area contributed by atoms with Crippen LogP contribution in [-0.2, 0) is 16.0 Å². The number of esters is 1. The molecule has 0 radical (unpaired) electrons. The molecule has 0 N–H and O–H groups in total. The molecule has 0 spiro atoms. The normalized spacial score (nSPS) is 17.7. The van der Waals surface area contributed by atoms with Gasteiger partial charge in [-0.1, -0.05) is 28.1 Å². The molecule has 0 saturated carbocycles. The molecule has 1 aliphatic rings. The molecule has 1 aliphatic carbocycles. The van der Waals surface area contributed by atoms with Gasteiger partial charge in [0, 0.05) is 5.33 Å². The van der Waals surface area contributed by atoms with E-state index < -0.39 is 0 Å². The highest BCUT2D eigenvalue weighted by Crippen LogP contribution is 2.38. The fraction of sp³-hybridized carbons (Fsp3) is 0.533. The number of methoxy groups -OCH3 is 1. The third-order valence-corrected chi connectivity index (χ3v) is 4.08. The predicted molar refractivity (Wildman–Crippen MR) is 78.0 cm³/mol. The largest absolute Gasteiger partial charge is 0.482 e. The fourth-order valence-electron chi connectivity index (χ4n) is 2.68. The van der Waals surface area contributed by atoms with Gasteiger partial charge >= 0.3 is 5.97 Å². The van der Waals surface area contributed by atoms with E-state index in [0.29, 0.717) is 5.92 Å². The summed E-state index contributed by atoms with van der Waals surface area (Å²) in [6.45, 7) is -0.0178. The van der Waals surface area contributed by atoms with Gasteiger partial charge < -0.3 is 9.47 Å². The summed E-state index contributed by atoms with van der Waals surface area (Å²) in [5.74, 6) is 1.09. The summed E-state index contributed by atoms with van der Waals surface area (Å²) in [4.78, 5) is 11.2. The summed E-state index contributed by atoms with van der Waals surface area (Å²) in [6, 6.07) is 6.14. The van der Waals surface area contributed by atoms with E-state index in [2.05, 4.69) is 26.7 Å². The number of hydrogen-bond acceptors (Lipinski definition) is 3. The number of ether oxygens (including phenoxy) is 2. The van der Waals surface area contributed by atoms with Gasteiger partial charge in [0.25, 0.3) is 0 Å². The number of alkyl halides is 1. The van der Waals surface area contributed by atoms with Crippen LogP contribution in [0.2, 0.25) is 0 Å². The van der Waals surface area contributed by atoms with Crippen LogP contribution >= 0.6 is 15.9 Å². The second-order valence-electron chi connectivity index (χ2n) is 4.76. The number of fused-ring (bicyclic) bond motifs is 1. The van der Waals surface area contributed by atoms with Gasteiger partial charge in [-0.2, -0.15) is 0 Å². The Morgan fingerprint density at radius 1 is 1.47 bits per heavy atom. The Morgan fingerprint density at radius 2 is 2.32 bits per heavy atom. The summed E-state index contributed by atoms with van der Waals surface area (Å²) >= 11 is 3.52. The third-order valence-electron chi connectivity index (χ3n) is 3.62. The molecule has 104 valence electrons. The van der Waals surface area contributed by atoms with Gasteiger partial charge in [0.05, 0.1) is 7.11 Å². The van der Waals surface area contributed by atoms with Gasteiger partial charge in [-0.3, -0.25) is 0 Å². The standard InChI is InChI=1S/C15H19BrO3/c1-18-15(17)10-19-14-7-3-5-12-11(8-9-16)4-2-6-13(12)14/h3,5,7,11H,2,4,6,8-10H2,1H3. The van der Waals surface area contributed by atoms with Crippen LogP contribution in [0.5, 0.6) is 5.75 Å². The van der Waals surface area contributed by atoms with Crippen molar-refractivity contribution >= 4 is 21.9 Å². The van der Waals surface area contributed by atoms with Crippen LogP contribution in [0.15, 0.2) is 18.2 Å². The average Bonchev–Trinajstić information content (AvgIpc) is 2.45. The van der Waals surface area contributed by atoms with Crippen molar-refractivity contribution in [1.29, 1.82) is 0 Å². The van der Waals surface area contributed by atoms with E-state index in [0.717, 1.165) is 23.9 Å². The van der Waals surface area contributed by atoms with Crippen molar-refractivity contribution in [3.05, 3.63) is 29.3 Å². The topological polar surface area (TPSA) is 35.5 Å². The second kappa shape index (κ2) is 6.94. The summed E-state index contributed by atoms with van der Waals surface area (Å²) in [5.41, 5.74) is 2.65. The van der Waals surface area contributed by atoms with Crippen molar-refractivity contribution in [3.8, 4) is 5.75 Å². The minimum absolute atomic E-state index is 0.0178. The van der Waals surface area contributed by atoms with E-state index >= 15 is 0 Å². The minimum Gasteiger partial charge on any atom is -0.482 e. The Kier molecular flexibility index (Phi) is 5.25. The smallest absolute Gasteiger partial charge is 0.343 e.